The van der Waals surface area contributed by atoms with Gasteiger partial charge in [0.1, 0.15) is 19.3 Å². The fraction of sp³-hybridized carbons (Fsp3) is 0.129. The van der Waals surface area contributed by atoms with Crippen LogP contribution in [-0.2, 0) is 24.4 Å². The van der Waals surface area contributed by atoms with Gasteiger partial charge in [0.2, 0.25) is 0 Å². The molecule has 0 saturated carbocycles. The summed E-state index contributed by atoms with van der Waals surface area (Å²) in [5.41, 5.74) is 3.32. The monoisotopic (exact) mass is 506 g/mol. The highest BCUT2D eigenvalue weighted by molar-refractivity contribution is 5.96. The van der Waals surface area contributed by atoms with Crippen LogP contribution in [0.15, 0.2) is 103 Å². The van der Waals surface area contributed by atoms with Crippen LogP contribution in [0.4, 0.5) is 0 Å². The van der Waals surface area contributed by atoms with Gasteiger partial charge in [0.25, 0.3) is 5.91 Å². The molecular weight excluding hydrogens is 480 g/mol. The molecule has 1 amide bonds. The van der Waals surface area contributed by atoms with Crippen molar-refractivity contribution in [3.63, 3.8) is 0 Å². The molecular formula is C31H26N2O5. The van der Waals surface area contributed by atoms with Crippen molar-refractivity contribution in [3.05, 3.63) is 131 Å². The zero-order valence-corrected chi connectivity index (χ0v) is 20.5. The van der Waals surface area contributed by atoms with Gasteiger partial charge in [-0.15, -0.1) is 0 Å². The zero-order chi connectivity index (χ0) is 26.7. The summed E-state index contributed by atoms with van der Waals surface area (Å²) in [5.74, 6) is -0.694. The Hall–Kier alpha value is -5.09. The average Bonchev–Trinajstić information content (AvgIpc) is 2.96. The number of nitrogens with one attached hydrogen (secondary N) is 1. The molecule has 190 valence electrons. The maximum absolute atomic E-state index is 12.6. The number of hydrogen-bond acceptors (Lipinski definition) is 5. The van der Waals surface area contributed by atoms with Crippen molar-refractivity contribution < 1.29 is 24.2 Å². The summed E-state index contributed by atoms with van der Waals surface area (Å²) in [6.07, 6.45) is 0.0397. The van der Waals surface area contributed by atoms with Crippen LogP contribution in [0.5, 0.6) is 11.5 Å². The van der Waals surface area contributed by atoms with E-state index in [1.54, 1.807) is 18.2 Å². The van der Waals surface area contributed by atoms with E-state index in [4.69, 9.17) is 14.7 Å². The zero-order valence-electron chi connectivity index (χ0n) is 20.5. The first-order valence-electron chi connectivity index (χ1n) is 12.0. The number of rotatable bonds is 11. The van der Waals surface area contributed by atoms with Gasteiger partial charge in [0.05, 0.1) is 11.6 Å². The van der Waals surface area contributed by atoms with Crippen molar-refractivity contribution in [2.45, 2.75) is 25.7 Å². The van der Waals surface area contributed by atoms with Crippen LogP contribution in [0.25, 0.3) is 0 Å². The molecule has 0 saturated heterocycles. The van der Waals surface area contributed by atoms with Crippen molar-refractivity contribution in [1.29, 1.82) is 5.26 Å². The Bertz CT molecular complexity index is 1410. The number of carboxylic acids is 1. The highest BCUT2D eigenvalue weighted by Gasteiger charge is 2.22. The van der Waals surface area contributed by atoms with Gasteiger partial charge >= 0.3 is 5.97 Å². The van der Waals surface area contributed by atoms with Crippen LogP contribution in [-0.4, -0.2) is 23.0 Å². The molecule has 0 aromatic heterocycles. The van der Waals surface area contributed by atoms with Crippen LogP contribution in [0.3, 0.4) is 0 Å². The third-order valence-corrected chi connectivity index (χ3v) is 5.80. The molecule has 1 atom stereocenters. The minimum Gasteiger partial charge on any atom is -0.485 e. The molecule has 0 unspecified atom stereocenters. The predicted octanol–water partition coefficient (Wildman–Crippen LogP) is 5.14. The van der Waals surface area contributed by atoms with Gasteiger partial charge in [-0.25, -0.2) is 4.79 Å². The maximum atomic E-state index is 12.6. The number of nitriles is 1. The average molecular weight is 507 g/mol. The second kappa shape index (κ2) is 12.7. The van der Waals surface area contributed by atoms with Crippen molar-refractivity contribution in [2.75, 3.05) is 0 Å². The maximum Gasteiger partial charge on any atom is 0.326 e. The lowest BCUT2D eigenvalue weighted by atomic mass is 10.0. The molecule has 7 nitrogen and oxygen atoms in total. The lowest BCUT2D eigenvalue weighted by Crippen LogP contribution is -2.42. The number of ether oxygens (including phenoxy) is 2. The van der Waals surface area contributed by atoms with Crippen molar-refractivity contribution in [2.24, 2.45) is 0 Å². The minimum absolute atomic E-state index is 0.0397. The van der Waals surface area contributed by atoms with Crippen molar-refractivity contribution >= 4 is 11.9 Å². The first kappa shape index (κ1) is 26.0. The summed E-state index contributed by atoms with van der Waals surface area (Å²) in [6.45, 7) is 0.657. The lowest BCUT2D eigenvalue weighted by Gasteiger charge is -2.17. The first-order chi connectivity index (χ1) is 18.5. The van der Waals surface area contributed by atoms with E-state index < -0.39 is 17.9 Å². The molecule has 4 rings (SSSR count). The number of carboxylic acid groups (broad SMARTS) is 1. The van der Waals surface area contributed by atoms with E-state index in [0.717, 1.165) is 11.1 Å². The Morgan fingerprint density at radius 1 is 0.763 bits per heavy atom. The lowest BCUT2D eigenvalue weighted by molar-refractivity contribution is -0.139. The summed E-state index contributed by atoms with van der Waals surface area (Å²) < 4.78 is 12.1. The molecule has 4 aromatic carbocycles. The Morgan fingerprint density at radius 3 is 1.89 bits per heavy atom. The molecule has 0 spiro atoms. The molecule has 0 aliphatic rings. The molecule has 0 bridgehead atoms. The number of aliphatic carboxylic acids is 1. The highest BCUT2D eigenvalue weighted by Crippen LogP contribution is 2.30. The summed E-state index contributed by atoms with van der Waals surface area (Å²) in [6, 6.07) is 31.5. The third-order valence-electron chi connectivity index (χ3n) is 5.80. The number of benzene rings is 4. The Labute approximate surface area is 220 Å². The van der Waals surface area contributed by atoms with E-state index in [9.17, 15) is 14.7 Å². The van der Waals surface area contributed by atoms with Gasteiger partial charge in [-0.3, -0.25) is 4.79 Å². The van der Waals surface area contributed by atoms with Crippen LogP contribution in [0, 0.1) is 11.3 Å². The van der Waals surface area contributed by atoms with Crippen LogP contribution in [0.2, 0.25) is 0 Å². The van der Waals surface area contributed by atoms with Gasteiger partial charge in [-0.05, 0) is 53.1 Å². The standard InChI is InChI=1S/C31H26N2O5/c32-19-22-11-14-26(15-12-22)30(34)33-27(31(35)36)17-25-13-16-28(37-20-23-7-3-1-4-8-23)29(18-25)38-21-24-9-5-2-6-10-24/h1-16,18,27H,17,20-21H2,(H,33,34)(H,35,36)/t27-/m0/s1. The molecule has 38 heavy (non-hydrogen) atoms. The first-order valence-corrected chi connectivity index (χ1v) is 12.0. The van der Waals surface area contributed by atoms with Gasteiger partial charge < -0.3 is 19.9 Å². The molecule has 0 radical (unpaired) electrons. The number of carbonyl (C=O) groups is 2. The van der Waals surface area contributed by atoms with Crippen LogP contribution >= 0.6 is 0 Å². The Balaban J connectivity index is 1.51. The Morgan fingerprint density at radius 2 is 1.34 bits per heavy atom. The van der Waals surface area contributed by atoms with Gasteiger partial charge in [-0.1, -0.05) is 66.7 Å². The van der Waals surface area contributed by atoms with Crippen LogP contribution < -0.4 is 14.8 Å². The predicted molar refractivity (Wildman–Crippen MR) is 142 cm³/mol. The largest absolute Gasteiger partial charge is 0.485 e. The second-order valence-corrected chi connectivity index (χ2v) is 8.59. The fourth-order valence-corrected chi connectivity index (χ4v) is 3.76. The molecule has 0 aliphatic heterocycles. The second-order valence-electron chi connectivity index (χ2n) is 8.59. The summed E-state index contributed by atoms with van der Waals surface area (Å²) >= 11 is 0. The smallest absolute Gasteiger partial charge is 0.326 e. The number of hydrogen-bond donors (Lipinski definition) is 2. The minimum atomic E-state index is -1.17. The third kappa shape index (κ3) is 7.21. The van der Waals surface area contributed by atoms with E-state index in [-0.39, 0.29) is 12.0 Å². The molecule has 0 heterocycles. The van der Waals surface area contributed by atoms with E-state index in [2.05, 4.69) is 5.32 Å². The van der Waals surface area contributed by atoms with Gasteiger partial charge in [0, 0.05) is 12.0 Å². The topological polar surface area (TPSA) is 109 Å². The molecule has 4 aromatic rings. The van der Waals surface area contributed by atoms with Gasteiger partial charge in [0.15, 0.2) is 11.5 Å². The highest BCUT2D eigenvalue weighted by atomic mass is 16.5. The number of amides is 1. The fourth-order valence-electron chi connectivity index (χ4n) is 3.76. The molecule has 0 aliphatic carbocycles. The van der Waals surface area contributed by atoms with E-state index in [0.29, 0.717) is 35.8 Å². The van der Waals surface area contributed by atoms with Crippen molar-refractivity contribution in [3.8, 4) is 17.6 Å². The van der Waals surface area contributed by atoms with Crippen LogP contribution in [0.1, 0.15) is 32.6 Å². The Kier molecular flexibility index (Phi) is 8.72. The molecule has 7 heteroatoms. The quantitative estimate of drug-likeness (QED) is 0.292. The molecule has 2 N–H and O–H groups in total. The summed E-state index contributed by atoms with van der Waals surface area (Å²) in [5, 5.41) is 21.3. The number of carbonyl (C=O) groups excluding carboxylic acids is 1. The summed E-state index contributed by atoms with van der Waals surface area (Å²) in [4.78, 5) is 24.6. The van der Waals surface area contributed by atoms with Crippen molar-refractivity contribution in [1.82, 2.24) is 5.32 Å². The van der Waals surface area contributed by atoms with E-state index in [1.807, 2.05) is 66.7 Å². The summed E-state index contributed by atoms with van der Waals surface area (Å²) in [7, 11) is 0. The normalized spacial score (nSPS) is 11.1. The van der Waals surface area contributed by atoms with E-state index >= 15 is 0 Å². The SMILES string of the molecule is N#Cc1ccc(C(=O)N[C@@H](Cc2ccc(OCc3ccccc3)c(OCc3ccccc3)c2)C(=O)O)cc1. The number of nitrogens with zero attached hydrogens (tertiary/aromatic N) is 1. The molecule has 0 fully saturated rings. The van der Waals surface area contributed by atoms with Gasteiger partial charge in [-0.2, -0.15) is 5.26 Å². The van der Waals surface area contributed by atoms with E-state index in [1.165, 1.54) is 24.3 Å².